The molecule has 8 nitrogen and oxygen atoms in total. The van der Waals surface area contributed by atoms with Gasteiger partial charge in [-0.05, 0) is 91.4 Å². The zero-order valence-corrected chi connectivity index (χ0v) is 26.5. The number of carbonyl (C=O) groups is 2. The van der Waals surface area contributed by atoms with E-state index in [2.05, 4.69) is 15.2 Å². The van der Waals surface area contributed by atoms with Gasteiger partial charge in [-0.15, -0.1) is 27.8 Å². The fraction of sp³-hybridized carbons (Fsp3) is 0.371. The highest BCUT2D eigenvalue weighted by Gasteiger charge is 2.55. The third kappa shape index (κ3) is 4.95. The van der Waals surface area contributed by atoms with Crippen molar-refractivity contribution in [1.29, 1.82) is 0 Å². The fourth-order valence-electron chi connectivity index (χ4n) is 7.64. The number of hydrogen-bond donors (Lipinski definition) is 1. The highest BCUT2D eigenvalue weighted by Crippen LogP contribution is 2.51. The minimum absolute atomic E-state index is 0.181. The summed E-state index contributed by atoms with van der Waals surface area (Å²) < 4.78 is 8.02. The van der Waals surface area contributed by atoms with Gasteiger partial charge in [0.05, 0.1) is 15.3 Å². The van der Waals surface area contributed by atoms with Crippen molar-refractivity contribution >= 4 is 46.0 Å². The van der Waals surface area contributed by atoms with Crippen molar-refractivity contribution in [3.63, 3.8) is 0 Å². The van der Waals surface area contributed by atoms with Crippen molar-refractivity contribution in [3.8, 4) is 10.4 Å². The van der Waals surface area contributed by atoms with Crippen molar-refractivity contribution < 1.29 is 19.4 Å². The molecule has 230 valence electrons. The predicted molar refractivity (Wildman–Crippen MR) is 175 cm³/mol. The Morgan fingerprint density at radius 1 is 1.04 bits per heavy atom. The smallest absolute Gasteiger partial charge is 0.349 e. The van der Waals surface area contributed by atoms with Gasteiger partial charge in [-0.2, -0.15) is 0 Å². The summed E-state index contributed by atoms with van der Waals surface area (Å²) in [4.78, 5) is 29.8. The summed E-state index contributed by atoms with van der Waals surface area (Å²) in [5.41, 5.74) is 4.53. The molecule has 1 saturated heterocycles. The molecule has 2 fully saturated rings. The van der Waals surface area contributed by atoms with Gasteiger partial charge in [-0.3, -0.25) is 4.79 Å². The lowest BCUT2D eigenvalue weighted by Gasteiger charge is -2.58. The predicted octanol–water partition coefficient (Wildman–Crippen LogP) is 5.86. The molecule has 1 aliphatic heterocycles. The number of carbonyl (C=O) groups excluding carboxylic acids is 2. The first-order chi connectivity index (χ1) is 22.0. The lowest BCUT2D eigenvalue weighted by molar-refractivity contribution is -0.191. The summed E-state index contributed by atoms with van der Waals surface area (Å²) in [7, 11) is 0. The molecule has 45 heavy (non-hydrogen) atoms. The zero-order chi connectivity index (χ0) is 30.6. The van der Waals surface area contributed by atoms with E-state index in [0.29, 0.717) is 9.75 Å². The normalized spacial score (nSPS) is 18.8. The molecule has 0 bridgehead atoms. The molecule has 3 aliphatic rings. The molecule has 8 rings (SSSR count). The first-order valence-corrected chi connectivity index (χ1v) is 17.3. The van der Waals surface area contributed by atoms with Crippen LogP contribution >= 0.6 is 22.7 Å². The van der Waals surface area contributed by atoms with Gasteiger partial charge >= 0.3 is 5.97 Å². The summed E-state index contributed by atoms with van der Waals surface area (Å²) in [6, 6.07) is 19.4. The molecule has 10 heteroatoms. The van der Waals surface area contributed by atoms with Gasteiger partial charge in [0.2, 0.25) is 5.60 Å². The fourth-order valence-corrected chi connectivity index (χ4v) is 9.63. The SMILES string of the molecule is O=Cc1cc2nnn(CCCN3CC4(CC(OC(=O)[C@@](O)(c5cccs5)c5ccc(-c6ccccc6)s5)C4)C3)c2c2c1CCC2. The third-order valence-corrected chi connectivity index (χ3v) is 12.0. The van der Waals surface area contributed by atoms with Gasteiger partial charge in [-0.25, -0.2) is 9.48 Å². The second-order valence-corrected chi connectivity index (χ2v) is 14.8. The van der Waals surface area contributed by atoms with E-state index >= 15 is 0 Å². The van der Waals surface area contributed by atoms with Gasteiger partial charge < -0.3 is 14.7 Å². The summed E-state index contributed by atoms with van der Waals surface area (Å²) >= 11 is 2.79. The van der Waals surface area contributed by atoms with Gasteiger partial charge in [0, 0.05) is 35.5 Å². The minimum Gasteiger partial charge on any atom is -0.460 e. The Balaban J connectivity index is 0.865. The number of hydrogen-bond acceptors (Lipinski definition) is 9. The standard InChI is InChI=1S/C35H34N4O4S2/c40-20-24-17-28-32(27-10-4-9-26(24)27)39(37-36-28)15-6-14-38-21-34(22-38)18-25(19-34)43-33(41)35(42,30-11-5-16-44-30)31-13-12-29(45-31)23-7-2-1-3-8-23/h1-3,5,7-8,11-13,16-17,20,25,42H,4,6,9-10,14-15,18-19,21-22H2/t35-/m1/s1. The van der Waals surface area contributed by atoms with Gasteiger partial charge in [0.1, 0.15) is 17.9 Å². The van der Waals surface area contributed by atoms with E-state index in [0.717, 1.165) is 98.0 Å². The van der Waals surface area contributed by atoms with E-state index < -0.39 is 11.6 Å². The maximum absolute atomic E-state index is 13.6. The van der Waals surface area contributed by atoms with Crippen molar-refractivity contribution in [2.75, 3.05) is 19.6 Å². The number of thiophene rings is 2. The molecule has 0 unspecified atom stereocenters. The number of likely N-dealkylation sites (tertiary alicyclic amines) is 1. The summed E-state index contributed by atoms with van der Waals surface area (Å²) in [5, 5.41) is 22.6. The van der Waals surface area contributed by atoms with Crippen molar-refractivity contribution in [2.45, 2.75) is 56.8 Å². The molecule has 1 spiro atoms. The topological polar surface area (TPSA) is 97.5 Å². The molecule has 0 amide bonds. The van der Waals surface area contributed by atoms with Gasteiger partial charge in [-0.1, -0.05) is 41.6 Å². The van der Waals surface area contributed by atoms with Crippen LogP contribution in [0.5, 0.6) is 0 Å². The van der Waals surface area contributed by atoms with Crippen LogP contribution in [-0.4, -0.2) is 63.0 Å². The van der Waals surface area contributed by atoms with E-state index in [1.165, 1.54) is 33.8 Å². The molecule has 3 aromatic heterocycles. The molecular formula is C35H34N4O4S2. The summed E-state index contributed by atoms with van der Waals surface area (Å²) in [6.07, 6.45) is 6.40. The molecule has 5 aromatic rings. The van der Waals surface area contributed by atoms with Crippen LogP contribution < -0.4 is 0 Å². The third-order valence-electron chi connectivity index (χ3n) is 9.78. The number of aliphatic hydroxyl groups is 1. The molecule has 4 heterocycles. The lowest BCUT2D eigenvalue weighted by Crippen LogP contribution is -2.64. The Bertz CT molecular complexity index is 1870. The molecule has 1 N–H and O–H groups in total. The van der Waals surface area contributed by atoms with Crippen LogP contribution in [0.2, 0.25) is 0 Å². The Labute approximate surface area is 269 Å². The quantitative estimate of drug-likeness (QED) is 0.151. The number of rotatable bonds is 10. The molecule has 2 aromatic carbocycles. The average molecular weight is 639 g/mol. The van der Waals surface area contributed by atoms with Crippen LogP contribution in [0.3, 0.4) is 0 Å². The van der Waals surface area contributed by atoms with E-state index in [9.17, 15) is 14.7 Å². The number of benzene rings is 2. The number of nitrogens with zero attached hydrogens (tertiary/aromatic N) is 4. The first-order valence-electron chi connectivity index (χ1n) is 15.6. The van der Waals surface area contributed by atoms with Gasteiger partial charge in [0.15, 0.2) is 0 Å². The Kier molecular flexibility index (Phi) is 7.20. The molecule has 0 radical (unpaired) electrons. The molecule has 1 atom stereocenters. The Morgan fingerprint density at radius 3 is 2.64 bits per heavy atom. The van der Waals surface area contributed by atoms with Crippen molar-refractivity contribution in [1.82, 2.24) is 19.9 Å². The Hall–Kier alpha value is -3.70. The number of aromatic nitrogens is 3. The highest BCUT2D eigenvalue weighted by molar-refractivity contribution is 7.16. The zero-order valence-electron chi connectivity index (χ0n) is 24.9. The minimum atomic E-state index is -1.82. The van der Waals surface area contributed by atoms with Crippen LogP contribution in [0.1, 0.15) is 56.9 Å². The number of ether oxygens (including phenoxy) is 1. The van der Waals surface area contributed by atoms with Crippen LogP contribution in [0.15, 0.2) is 66.0 Å². The highest BCUT2D eigenvalue weighted by atomic mass is 32.1. The molecule has 1 saturated carbocycles. The van der Waals surface area contributed by atoms with E-state index in [1.807, 2.05) is 64.7 Å². The summed E-state index contributed by atoms with van der Waals surface area (Å²) in [6.45, 7) is 3.77. The molecular weight excluding hydrogens is 605 g/mol. The van der Waals surface area contributed by atoms with Crippen LogP contribution in [0.25, 0.3) is 21.5 Å². The van der Waals surface area contributed by atoms with E-state index in [4.69, 9.17) is 4.74 Å². The maximum atomic E-state index is 13.6. The van der Waals surface area contributed by atoms with Crippen molar-refractivity contribution in [2.24, 2.45) is 5.41 Å². The van der Waals surface area contributed by atoms with Crippen LogP contribution in [0.4, 0.5) is 0 Å². The first kappa shape index (κ1) is 28.8. The van der Waals surface area contributed by atoms with Crippen LogP contribution in [0, 0.1) is 5.41 Å². The molecule has 2 aliphatic carbocycles. The second kappa shape index (κ2) is 11.3. The summed E-state index contributed by atoms with van der Waals surface area (Å²) in [5.74, 6) is -0.589. The maximum Gasteiger partial charge on any atom is 0.349 e. The monoisotopic (exact) mass is 638 g/mol. The largest absolute Gasteiger partial charge is 0.460 e. The Morgan fingerprint density at radius 2 is 1.87 bits per heavy atom. The van der Waals surface area contributed by atoms with Crippen molar-refractivity contribution in [3.05, 3.63) is 92.5 Å². The van der Waals surface area contributed by atoms with E-state index in [1.54, 1.807) is 6.07 Å². The van der Waals surface area contributed by atoms with Crippen LogP contribution in [-0.2, 0) is 34.5 Å². The average Bonchev–Trinajstić information content (AvgIpc) is 3.84. The number of fused-ring (bicyclic) bond motifs is 3. The number of esters is 1. The van der Waals surface area contributed by atoms with E-state index in [-0.39, 0.29) is 11.5 Å². The number of aryl methyl sites for hydroxylation is 2. The number of aldehydes is 1. The second-order valence-electron chi connectivity index (χ2n) is 12.8. The van der Waals surface area contributed by atoms with Gasteiger partial charge in [0.25, 0.3) is 0 Å². The lowest BCUT2D eigenvalue weighted by atomic mass is 9.61.